The molecule has 0 aliphatic heterocycles. The van der Waals surface area contributed by atoms with Crippen LogP contribution in [0.25, 0.3) is 0 Å². The van der Waals surface area contributed by atoms with Crippen molar-refractivity contribution in [1.29, 1.82) is 0 Å². The number of rotatable bonds is 6. The summed E-state index contributed by atoms with van der Waals surface area (Å²) in [4.78, 5) is 25.5. The highest BCUT2D eigenvalue weighted by Crippen LogP contribution is 2.22. The van der Waals surface area contributed by atoms with Crippen molar-refractivity contribution < 1.29 is 14.8 Å². The molecule has 0 aliphatic rings. The first kappa shape index (κ1) is 14.4. The fraction of sp³-hybridized carbons (Fsp3) is 0.143. The summed E-state index contributed by atoms with van der Waals surface area (Å²) < 4.78 is 0. The predicted octanol–water partition coefficient (Wildman–Crippen LogP) is 2.34. The number of hydrogen-bond donors (Lipinski definition) is 2. The number of hydrogen-bond acceptors (Lipinski definition) is 5. The highest BCUT2D eigenvalue weighted by Gasteiger charge is 2.15. The summed E-state index contributed by atoms with van der Waals surface area (Å²) in [6.45, 7) is 0.429. The van der Waals surface area contributed by atoms with E-state index in [1.807, 2.05) is 12.1 Å². The molecule has 0 saturated carbocycles. The molecule has 2 rings (SSSR count). The molecule has 7 heteroatoms. The lowest BCUT2D eigenvalue weighted by Crippen LogP contribution is -2.10. The zero-order valence-electron chi connectivity index (χ0n) is 11.0. The lowest BCUT2D eigenvalue weighted by atomic mass is 10.1. The van der Waals surface area contributed by atoms with Gasteiger partial charge in [-0.05, 0) is 18.2 Å². The molecule has 0 aliphatic carbocycles. The lowest BCUT2D eigenvalue weighted by molar-refractivity contribution is -0.384. The Bertz CT molecular complexity index is 659. The van der Waals surface area contributed by atoms with Crippen LogP contribution >= 0.6 is 0 Å². The first-order chi connectivity index (χ1) is 10.1. The van der Waals surface area contributed by atoms with Gasteiger partial charge in [-0.25, -0.2) is 4.79 Å². The Hall–Kier alpha value is -2.96. The number of nitro benzene ring substituents is 1. The molecular formula is C14H13N3O4. The van der Waals surface area contributed by atoms with Gasteiger partial charge in [0.15, 0.2) is 0 Å². The highest BCUT2D eigenvalue weighted by atomic mass is 16.6. The summed E-state index contributed by atoms with van der Waals surface area (Å²) in [7, 11) is 0. The fourth-order valence-corrected chi connectivity index (χ4v) is 1.85. The third kappa shape index (κ3) is 3.75. The van der Waals surface area contributed by atoms with Gasteiger partial charge in [-0.1, -0.05) is 6.07 Å². The van der Waals surface area contributed by atoms with Crippen LogP contribution in [0.4, 0.5) is 11.4 Å². The number of nitro groups is 1. The van der Waals surface area contributed by atoms with Gasteiger partial charge in [0.05, 0.1) is 16.2 Å². The molecule has 1 aromatic carbocycles. The number of aromatic carboxylic acids is 1. The molecule has 21 heavy (non-hydrogen) atoms. The molecule has 108 valence electrons. The Kier molecular flexibility index (Phi) is 4.45. The van der Waals surface area contributed by atoms with E-state index in [1.54, 1.807) is 12.3 Å². The van der Waals surface area contributed by atoms with Gasteiger partial charge in [-0.15, -0.1) is 0 Å². The van der Waals surface area contributed by atoms with E-state index < -0.39 is 10.9 Å². The SMILES string of the molecule is O=C(O)c1ccc([N+](=O)[O-])cc1NCCc1ccccn1. The number of carbonyl (C=O) groups is 1. The molecule has 0 fully saturated rings. The van der Waals surface area contributed by atoms with Gasteiger partial charge in [-0.2, -0.15) is 0 Å². The van der Waals surface area contributed by atoms with Gasteiger partial charge in [0.2, 0.25) is 0 Å². The molecule has 1 heterocycles. The molecule has 2 N–H and O–H groups in total. The number of pyridine rings is 1. The van der Waals surface area contributed by atoms with E-state index in [0.29, 0.717) is 13.0 Å². The minimum absolute atomic E-state index is 0.00150. The minimum atomic E-state index is -1.13. The second-order valence-electron chi connectivity index (χ2n) is 4.29. The summed E-state index contributed by atoms with van der Waals surface area (Å²) in [5.74, 6) is -1.13. The molecule has 7 nitrogen and oxygen atoms in total. The smallest absolute Gasteiger partial charge is 0.337 e. The highest BCUT2D eigenvalue weighted by molar-refractivity contribution is 5.94. The third-order valence-electron chi connectivity index (χ3n) is 2.87. The first-order valence-electron chi connectivity index (χ1n) is 6.23. The van der Waals surface area contributed by atoms with Crippen molar-refractivity contribution in [1.82, 2.24) is 4.98 Å². The second kappa shape index (κ2) is 6.47. The van der Waals surface area contributed by atoms with Crippen LogP contribution in [0.5, 0.6) is 0 Å². The summed E-state index contributed by atoms with van der Waals surface area (Å²) >= 11 is 0. The molecular weight excluding hydrogens is 274 g/mol. The summed E-state index contributed by atoms with van der Waals surface area (Å²) in [5.41, 5.74) is 0.932. The molecule has 0 unspecified atom stereocenters. The topological polar surface area (TPSA) is 105 Å². The van der Waals surface area contributed by atoms with Gasteiger partial charge in [0.1, 0.15) is 0 Å². The first-order valence-corrected chi connectivity index (χ1v) is 6.23. The Labute approximate surface area is 120 Å². The van der Waals surface area contributed by atoms with Gasteiger partial charge in [0.25, 0.3) is 5.69 Å². The van der Waals surface area contributed by atoms with Crippen LogP contribution in [0.1, 0.15) is 16.1 Å². The molecule has 0 saturated heterocycles. The zero-order chi connectivity index (χ0) is 15.2. The largest absolute Gasteiger partial charge is 0.478 e. The van der Waals surface area contributed by atoms with Crippen molar-refractivity contribution in [2.75, 3.05) is 11.9 Å². The predicted molar refractivity (Wildman–Crippen MR) is 76.5 cm³/mol. The number of anilines is 1. The van der Waals surface area contributed by atoms with Crippen LogP contribution in [0.3, 0.4) is 0 Å². The van der Waals surface area contributed by atoms with Crippen molar-refractivity contribution in [3.05, 3.63) is 64.0 Å². The van der Waals surface area contributed by atoms with Crippen molar-refractivity contribution in [2.45, 2.75) is 6.42 Å². The number of benzene rings is 1. The van der Waals surface area contributed by atoms with Crippen LogP contribution in [-0.4, -0.2) is 27.5 Å². The Morgan fingerprint density at radius 1 is 1.33 bits per heavy atom. The summed E-state index contributed by atoms with van der Waals surface area (Å²) in [6.07, 6.45) is 2.26. The van der Waals surface area contributed by atoms with E-state index in [-0.39, 0.29) is 16.9 Å². The molecule has 0 bridgehead atoms. The van der Waals surface area contributed by atoms with Gasteiger partial charge in [-0.3, -0.25) is 15.1 Å². The van der Waals surface area contributed by atoms with Crippen molar-refractivity contribution in [2.24, 2.45) is 0 Å². The van der Waals surface area contributed by atoms with Gasteiger partial charge >= 0.3 is 5.97 Å². The Morgan fingerprint density at radius 3 is 2.76 bits per heavy atom. The van der Waals surface area contributed by atoms with Gasteiger partial charge < -0.3 is 10.4 Å². The number of carboxylic acids is 1. The van der Waals surface area contributed by atoms with Gasteiger partial charge in [0, 0.05) is 37.0 Å². The number of carboxylic acid groups (broad SMARTS) is 1. The maximum absolute atomic E-state index is 11.1. The van der Waals surface area contributed by atoms with Crippen molar-refractivity contribution in [3.8, 4) is 0 Å². The minimum Gasteiger partial charge on any atom is -0.478 e. The van der Waals surface area contributed by atoms with E-state index in [0.717, 1.165) is 5.69 Å². The molecule has 1 aromatic heterocycles. The normalized spacial score (nSPS) is 10.1. The lowest BCUT2D eigenvalue weighted by Gasteiger charge is -2.09. The molecule has 0 amide bonds. The summed E-state index contributed by atoms with van der Waals surface area (Å²) in [5, 5.41) is 22.8. The van der Waals surface area contributed by atoms with Crippen molar-refractivity contribution >= 4 is 17.3 Å². The fourth-order valence-electron chi connectivity index (χ4n) is 1.85. The van der Waals surface area contributed by atoms with Crippen LogP contribution in [-0.2, 0) is 6.42 Å². The molecule has 0 radical (unpaired) electrons. The number of nitrogens with one attached hydrogen (secondary N) is 1. The van der Waals surface area contributed by atoms with E-state index in [2.05, 4.69) is 10.3 Å². The quantitative estimate of drug-likeness (QED) is 0.624. The van der Waals surface area contributed by atoms with Crippen LogP contribution in [0.2, 0.25) is 0 Å². The summed E-state index contributed by atoms with van der Waals surface area (Å²) in [6, 6.07) is 9.14. The average molecular weight is 287 g/mol. The van der Waals surface area contributed by atoms with Crippen molar-refractivity contribution in [3.63, 3.8) is 0 Å². The van der Waals surface area contributed by atoms with Crippen LogP contribution < -0.4 is 5.32 Å². The maximum Gasteiger partial charge on any atom is 0.337 e. The second-order valence-corrected chi connectivity index (χ2v) is 4.29. The number of nitrogens with zero attached hydrogens (tertiary/aromatic N) is 2. The van der Waals surface area contributed by atoms with E-state index in [1.165, 1.54) is 18.2 Å². The Balaban J connectivity index is 2.12. The monoisotopic (exact) mass is 287 g/mol. The maximum atomic E-state index is 11.1. The van der Waals surface area contributed by atoms with Crippen LogP contribution in [0, 0.1) is 10.1 Å². The number of aromatic nitrogens is 1. The zero-order valence-corrected chi connectivity index (χ0v) is 11.0. The molecule has 2 aromatic rings. The van der Waals surface area contributed by atoms with E-state index in [4.69, 9.17) is 5.11 Å². The number of non-ortho nitro benzene ring substituents is 1. The average Bonchev–Trinajstić information content (AvgIpc) is 2.48. The standard InChI is InChI=1S/C14H13N3O4/c18-14(19)12-5-4-11(17(20)21)9-13(12)16-8-6-10-3-1-2-7-15-10/h1-5,7,9,16H,6,8H2,(H,18,19). The van der Waals surface area contributed by atoms with Crippen LogP contribution in [0.15, 0.2) is 42.6 Å². The van der Waals surface area contributed by atoms with E-state index in [9.17, 15) is 14.9 Å². The molecule has 0 spiro atoms. The third-order valence-corrected chi connectivity index (χ3v) is 2.87. The molecule has 0 atom stereocenters. The Morgan fingerprint density at radius 2 is 2.14 bits per heavy atom. The van der Waals surface area contributed by atoms with E-state index >= 15 is 0 Å².